The number of carboxylic acids is 2. The maximum Gasteiger partial charge on any atom is 0.320 e. The smallest absolute Gasteiger partial charge is 0.320 e. The van der Waals surface area contributed by atoms with Gasteiger partial charge >= 0.3 is 29.8 Å². The molecule has 9 unspecified atom stereocenters. The molecule has 1 aliphatic rings. The molecule has 0 saturated carbocycles. The first-order valence-corrected chi connectivity index (χ1v) is 14.4. The molecule has 1 rings (SSSR count). The van der Waals surface area contributed by atoms with Crippen molar-refractivity contribution in [3.8, 4) is 0 Å². The highest BCUT2D eigenvalue weighted by atomic mass is 16.6. The highest BCUT2D eigenvalue weighted by Gasteiger charge is 2.51. The van der Waals surface area contributed by atoms with Gasteiger partial charge in [0.1, 0.15) is 0 Å². The molecule has 0 aromatic carbocycles. The van der Waals surface area contributed by atoms with E-state index in [0.717, 1.165) is 0 Å². The van der Waals surface area contributed by atoms with Gasteiger partial charge in [0, 0.05) is 27.9 Å². The van der Waals surface area contributed by atoms with Crippen LogP contribution in [0.1, 0.15) is 53.9 Å². The van der Waals surface area contributed by atoms with Crippen LogP contribution in [-0.4, -0.2) is 98.8 Å². The van der Waals surface area contributed by atoms with Crippen molar-refractivity contribution in [2.24, 2.45) is 41.4 Å². The van der Waals surface area contributed by atoms with Gasteiger partial charge in [0.15, 0.2) is 0 Å². The summed E-state index contributed by atoms with van der Waals surface area (Å²) in [6.07, 6.45) is -3.90. The van der Waals surface area contributed by atoms with Gasteiger partial charge in [-0.1, -0.05) is 27.7 Å². The van der Waals surface area contributed by atoms with Crippen LogP contribution in [-0.2, 0) is 52.5 Å². The van der Waals surface area contributed by atoms with Gasteiger partial charge in [-0.25, -0.2) is 0 Å². The molecule has 14 heteroatoms. The minimum Gasteiger partial charge on any atom is -0.481 e. The normalized spacial score (nSPS) is 21.7. The monoisotopic (exact) mass is 617 g/mol. The van der Waals surface area contributed by atoms with E-state index in [9.17, 15) is 39.0 Å². The number of carbonyl (C=O) groups excluding carboxylic acids is 4. The predicted molar refractivity (Wildman–Crippen MR) is 149 cm³/mol. The Bertz CT molecular complexity index is 979. The van der Waals surface area contributed by atoms with Crippen molar-refractivity contribution >= 4 is 35.8 Å². The third-order valence-corrected chi connectivity index (χ3v) is 7.92. The van der Waals surface area contributed by atoms with Gasteiger partial charge in [-0.15, -0.1) is 0 Å². The van der Waals surface area contributed by atoms with Crippen molar-refractivity contribution in [1.29, 1.82) is 0 Å². The topological polar surface area (TPSA) is 201 Å². The number of nitrogens with one attached hydrogen (secondary N) is 1. The molecule has 1 saturated heterocycles. The zero-order valence-electron chi connectivity index (χ0n) is 26.2. The molecule has 1 heterocycles. The predicted octanol–water partition coefficient (Wildman–Crippen LogP) is 1.53. The Balaban J connectivity index is 3.60. The third kappa shape index (κ3) is 9.97. The van der Waals surface area contributed by atoms with Crippen molar-refractivity contribution in [1.82, 2.24) is 5.32 Å². The van der Waals surface area contributed by atoms with Crippen LogP contribution < -0.4 is 5.32 Å². The van der Waals surface area contributed by atoms with E-state index in [1.165, 1.54) is 35.2 Å². The van der Waals surface area contributed by atoms with Crippen LogP contribution in [0.2, 0.25) is 0 Å². The van der Waals surface area contributed by atoms with Crippen LogP contribution >= 0.6 is 0 Å². The molecule has 1 aliphatic heterocycles. The Morgan fingerprint density at radius 3 is 1.81 bits per heavy atom. The fraction of sp³-hybridized carbons (Fsp3) is 0.793. The van der Waals surface area contributed by atoms with Crippen LogP contribution in [0, 0.1) is 41.4 Å². The Morgan fingerprint density at radius 2 is 1.42 bits per heavy atom. The summed E-state index contributed by atoms with van der Waals surface area (Å²) in [4.78, 5) is 76.4. The molecule has 1 amide bonds. The number of esters is 3. The minimum atomic E-state index is -1.60. The number of amides is 1. The standard InChI is InChI=1S/C29H47NO13/c1-9-18(39-6)22(24(31)30-13-14(3)4)16(25(32)33)11-20(41-8)23(28(37)42-10-2)17(26(34)35)12-19(40-7)21-15(5)27(36)43-29(21)38/h14-23H,9-13H2,1-8H3,(H,30,31)(H,32,33)(H,34,35). The van der Waals surface area contributed by atoms with E-state index in [4.69, 9.17) is 23.7 Å². The average Bonchev–Trinajstić information content (AvgIpc) is 3.20. The number of cyclic esters (lactones) is 2. The van der Waals surface area contributed by atoms with Crippen LogP contribution in [0.15, 0.2) is 0 Å². The lowest BCUT2D eigenvalue weighted by Crippen LogP contribution is -2.49. The molecule has 0 aromatic rings. The fourth-order valence-corrected chi connectivity index (χ4v) is 5.58. The van der Waals surface area contributed by atoms with E-state index in [1.54, 1.807) is 6.92 Å². The van der Waals surface area contributed by atoms with Crippen LogP contribution in [0.5, 0.6) is 0 Å². The van der Waals surface area contributed by atoms with Crippen LogP contribution in [0.4, 0.5) is 0 Å². The number of rotatable bonds is 20. The summed E-state index contributed by atoms with van der Waals surface area (Å²) in [6.45, 7) is 8.62. The largest absolute Gasteiger partial charge is 0.481 e. The molecule has 0 spiro atoms. The Morgan fingerprint density at radius 1 is 0.860 bits per heavy atom. The molecule has 1 fully saturated rings. The summed E-state index contributed by atoms with van der Waals surface area (Å²) < 4.78 is 26.4. The van der Waals surface area contributed by atoms with Gasteiger partial charge in [0.05, 0.1) is 60.4 Å². The maximum absolute atomic E-state index is 13.3. The Labute approximate surface area is 252 Å². The first-order chi connectivity index (χ1) is 20.2. The highest BCUT2D eigenvalue weighted by molar-refractivity contribution is 5.96. The van der Waals surface area contributed by atoms with E-state index in [2.05, 4.69) is 5.32 Å². The second-order valence-electron chi connectivity index (χ2n) is 11.1. The first kappa shape index (κ1) is 37.9. The fourth-order valence-electron chi connectivity index (χ4n) is 5.58. The molecule has 9 atom stereocenters. The van der Waals surface area contributed by atoms with Crippen LogP contribution in [0.3, 0.4) is 0 Å². The number of hydrogen-bond donors (Lipinski definition) is 3. The molecule has 246 valence electrons. The summed E-state index contributed by atoms with van der Waals surface area (Å²) in [5, 5.41) is 23.4. The van der Waals surface area contributed by atoms with Gasteiger partial charge in [-0.05, 0) is 32.1 Å². The summed E-state index contributed by atoms with van der Waals surface area (Å²) in [5.41, 5.74) is 0. The average molecular weight is 618 g/mol. The number of carbonyl (C=O) groups is 6. The lowest BCUT2D eigenvalue weighted by atomic mass is 9.74. The van der Waals surface area contributed by atoms with Gasteiger partial charge in [0.2, 0.25) is 5.91 Å². The Hall–Kier alpha value is -3.10. The summed E-state index contributed by atoms with van der Waals surface area (Å²) >= 11 is 0. The summed E-state index contributed by atoms with van der Waals surface area (Å²) in [6, 6.07) is 0. The first-order valence-electron chi connectivity index (χ1n) is 14.4. The van der Waals surface area contributed by atoms with E-state index >= 15 is 0 Å². The zero-order valence-corrected chi connectivity index (χ0v) is 26.2. The molecular weight excluding hydrogens is 570 g/mol. The molecule has 43 heavy (non-hydrogen) atoms. The second kappa shape index (κ2) is 17.9. The maximum atomic E-state index is 13.3. The Kier molecular flexibility index (Phi) is 15.8. The van der Waals surface area contributed by atoms with Crippen molar-refractivity contribution in [3.05, 3.63) is 0 Å². The van der Waals surface area contributed by atoms with Crippen molar-refractivity contribution in [2.45, 2.75) is 72.2 Å². The van der Waals surface area contributed by atoms with Crippen molar-refractivity contribution < 1.29 is 62.7 Å². The van der Waals surface area contributed by atoms with E-state index in [-0.39, 0.29) is 19.1 Å². The van der Waals surface area contributed by atoms with Gasteiger partial charge in [-0.3, -0.25) is 28.8 Å². The van der Waals surface area contributed by atoms with Gasteiger partial charge in [-0.2, -0.15) is 0 Å². The highest BCUT2D eigenvalue weighted by Crippen LogP contribution is 2.37. The summed E-state index contributed by atoms with van der Waals surface area (Å²) in [7, 11) is 3.78. The number of ether oxygens (including phenoxy) is 5. The van der Waals surface area contributed by atoms with Crippen LogP contribution in [0.25, 0.3) is 0 Å². The number of carboxylic acid groups (broad SMARTS) is 2. The molecule has 0 radical (unpaired) electrons. The SMILES string of the molecule is CCOC(=O)C(C(CC(C(=O)O)C(C(=O)NCC(C)C)C(CC)OC)OC)C(CC(OC)C1C(=O)OC(=O)C1C)C(=O)O. The van der Waals surface area contributed by atoms with Crippen molar-refractivity contribution in [3.63, 3.8) is 0 Å². The number of methoxy groups -OCH3 is 3. The van der Waals surface area contributed by atoms with E-state index < -0.39 is 102 Å². The lowest BCUT2D eigenvalue weighted by molar-refractivity contribution is -0.169. The number of aliphatic carboxylic acids is 2. The van der Waals surface area contributed by atoms with E-state index in [1.807, 2.05) is 13.8 Å². The van der Waals surface area contributed by atoms with Gasteiger partial charge in [0.25, 0.3) is 0 Å². The molecule has 0 aliphatic carbocycles. The van der Waals surface area contributed by atoms with Crippen molar-refractivity contribution in [2.75, 3.05) is 34.5 Å². The van der Waals surface area contributed by atoms with Gasteiger partial charge < -0.3 is 39.2 Å². The molecule has 3 N–H and O–H groups in total. The third-order valence-electron chi connectivity index (χ3n) is 7.92. The molecule has 14 nitrogen and oxygen atoms in total. The lowest BCUT2D eigenvalue weighted by Gasteiger charge is -2.35. The van der Waals surface area contributed by atoms with E-state index in [0.29, 0.717) is 6.42 Å². The quantitative estimate of drug-likeness (QED) is 0.131. The summed E-state index contributed by atoms with van der Waals surface area (Å²) in [5.74, 6) is -13.8. The minimum absolute atomic E-state index is 0.0793. The second-order valence-corrected chi connectivity index (χ2v) is 11.1. The molecule has 0 bridgehead atoms. The zero-order chi connectivity index (χ0) is 33.0. The number of hydrogen-bond acceptors (Lipinski definition) is 11. The molecule has 0 aromatic heterocycles. The molecular formula is C29H47NO13.